The number of carboxylic acid groups (broad SMARTS) is 1. The smallest absolute Gasteiger partial charge is 0.308 e. The third kappa shape index (κ3) is 2.22. The van der Waals surface area contributed by atoms with E-state index in [1.54, 1.807) is 12.1 Å². The van der Waals surface area contributed by atoms with Gasteiger partial charge in [-0.25, -0.2) is 4.39 Å². The van der Waals surface area contributed by atoms with E-state index in [2.05, 4.69) is 12.2 Å². The van der Waals surface area contributed by atoms with Crippen LogP contribution >= 0.6 is 0 Å². The Balaban J connectivity index is 1.70. The molecule has 0 aromatic heterocycles. The molecular weight excluding hydrogens is 257 g/mol. The van der Waals surface area contributed by atoms with Crippen molar-refractivity contribution in [2.24, 2.45) is 17.3 Å². The van der Waals surface area contributed by atoms with Crippen LogP contribution in [0.1, 0.15) is 31.7 Å². The molecule has 2 saturated carbocycles. The lowest BCUT2D eigenvalue weighted by atomic mass is 9.74. The van der Waals surface area contributed by atoms with Crippen molar-refractivity contribution < 1.29 is 14.3 Å². The minimum Gasteiger partial charge on any atom is -0.481 e. The van der Waals surface area contributed by atoms with Crippen molar-refractivity contribution in [3.8, 4) is 0 Å². The number of nitrogens with one attached hydrogen (secondary N) is 1. The predicted octanol–water partition coefficient (Wildman–Crippen LogP) is 2.80. The van der Waals surface area contributed by atoms with Crippen LogP contribution in [0.3, 0.4) is 0 Å². The Morgan fingerprint density at radius 1 is 1.45 bits per heavy atom. The maximum atomic E-state index is 12.9. The molecule has 2 aliphatic carbocycles. The number of aliphatic carboxylic acids is 1. The van der Waals surface area contributed by atoms with Crippen molar-refractivity contribution in [1.29, 1.82) is 0 Å². The minimum atomic E-state index is -0.689. The van der Waals surface area contributed by atoms with E-state index in [0.717, 1.165) is 24.8 Å². The molecule has 20 heavy (non-hydrogen) atoms. The summed E-state index contributed by atoms with van der Waals surface area (Å²) in [5, 5.41) is 12.9. The molecule has 0 unspecified atom stereocenters. The molecule has 0 radical (unpaired) electrons. The number of halogens is 1. The van der Waals surface area contributed by atoms with Gasteiger partial charge in [-0.1, -0.05) is 19.1 Å². The first-order valence-corrected chi connectivity index (χ1v) is 7.20. The van der Waals surface area contributed by atoms with Crippen LogP contribution < -0.4 is 5.32 Å². The second-order valence-corrected chi connectivity index (χ2v) is 6.51. The van der Waals surface area contributed by atoms with Gasteiger partial charge in [0.05, 0.1) is 5.92 Å². The number of rotatable bonds is 4. The average Bonchev–Trinajstić information content (AvgIpc) is 2.91. The van der Waals surface area contributed by atoms with Gasteiger partial charge in [-0.2, -0.15) is 0 Å². The Hall–Kier alpha value is -1.42. The Bertz CT molecular complexity index is 516. The predicted molar refractivity (Wildman–Crippen MR) is 73.6 cm³/mol. The van der Waals surface area contributed by atoms with E-state index in [9.17, 15) is 14.3 Å². The van der Waals surface area contributed by atoms with E-state index in [-0.39, 0.29) is 23.2 Å². The van der Waals surface area contributed by atoms with E-state index in [1.165, 1.54) is 12.1 Å². The fourth-order valence-corrected chi connectivity index (χ4v) is 4.19. The fraction of sp³-hybridized carbons (Fsp3) is 0.562. The number of carbonyl (C=O) groups is 1. The number of hydrogen-bond acceptors (Lipinski definition) is 2. The lowest BCUT2D eigenvalue weighted by molar-refractivity contribution is -0.146. The number of hydrogen-bond donors (Lipinski definition) is 2. The molecule has 0 heterocycles. The van der Waals surface area contributed by atoms with E-state index < -0.39 is 5.97 Å². The second-order valence-electron chi connectivity index (χ2n) is 6.51. The van der Waals surface area contributed by atoms with Crippen LogP contribution in [-0.4, -0.2) is 17.1 Å². The van der Waals surface area contributed by atoms with Gasteiger partial charge in [0.25, 0.3) is 0 Å². The number of fused-ring (bicyclic) bond motifs is 2. The van der Waals surface area contributed by atoms with Crippen molar-refractivity contribution in [3.63, 3.8) is 0 Å². The Labute approximate surface area is 118 Å². The third-order valence-corrected chi connectivity index (χ3v) is 5.15. The topological polar surface area (TPSA) is 49.3 Å². The van der Waals surface area contributed by atoms with Crippen LogP contribution in [-0.2, 0) is 11.3 Å². The molecule has 108 valence electrons. The Morgan fingerprint density at radius 3 is 2.80 bits per heavy atom. The van der Waals surface area contributed by atoms with Gasteiger partial charge in [0.2, 0.25) is 0 Å². The van der Waals surface area contributed by atoms with Crippen LogP contribution in [0, 0.1) is 23.1 Å². The number of carboxylic acids is 1. The molecule has 2 aliphatic rings. The maximum Gasteiger partial charge on any atom is 0.308 e. The Morgan fingerprint density at radius 2 is 2.15 bits per heavy atom. The van der Waals surface area contributed by atoms with Crippen molar-refractivity contribution in [3.05, 3.63) is 35.6 Å². The molecule has 4 heteroatoms. The molecule has 4 atom stereocenters. The monoisotopic (exact) mass is 277 g/mol. The molecule has 0 aliphatic heterocycles. The van der Waals surface area contributed by atoms with E-state index in [0.29, 0.717) is 12.5 Å². The van der Waals surface area contributed by atoms with Crippen LogP contribution in [0.2, 0.25) is 0 Å². The zero-order chi connectivity index (χ0) is 14.3. The van der Waals surface area contributed by atoms with E-state index >= 15 is 0 Å². The highest BCUT2D eigenvalue weighted by atomic mass is 19.1. The van der Waals surface area contributed by atoms with Gasteiger partial charge in [-0.3, -0.25) is 4.79 Å². The molecule has 0 spiro atoms. The highest BCUT2D eigenvalue weighted by molar-refractivity contribution is 5.73. The van der Waals surface area contributed by atoms with Gasteiger partial charge < -0.3 is 10.4 Å². The van der Waals surface area contributed by atoms with Crippen molar-refractivity contribution in [1.82, 2.24) is 5.32 Å². The van der Waals surface area contributed by atoms with E-state index in [1.807, 2.05) is 0 Å². The summed E-state index contributed by atoms with van der Waals surface area (Å²) in [6.45, 7) is 2.70. The molecule has 2 fully saturated rings. The standard InChI is InChI=1S/C16H20FNO2/c1-16-7-6-11(8-16)14(13(16)15(19)20)18-9-10-2-4-12(17)5-3-10/h2-5,11,13-14,18H,6-9H2,1H3,(H,19,20)/t11-,13+,14-,16+/m1/s1. The first kappa shape index (κ1) is 13.6. The first-order valence-electron chi connectivity index (χ1n) is 7.20. The van der Waals surface area contributed by atoms with Crippen LogP contribution in [0.15, 0.2) is 24.3 Å². The zero-order valence-electron chi connectivity index (χ0n) is 11.6. The molecule has 0 saturated heterocycles. The van der Waals surface area contributed by atoms with E-state index in [4.69, 9.17) is 0 Å². The molecule has 0 amide bonds. The largest absolute Gasteiger partial charge is 0.481 e. The molecule has 2 bridgehead atoms. The van der Waals surface area contributed by atoms with Gasteiger partial charge in [0.1, 0.15) is 5.82 Å². The van der Waals surface area contributed by atoms with Crippen LogP contribution in [0.4, 0.5) is 4.39 Å². The average molecular weight is 277 g/mol. The summed E-state index contributed by atoms with van der Waals surface area (Å²) in [7, 11) is 0. The second kappa shape index (κ2) is 4.85. The SMILES string of the molecule is C[C@]12CC[C@H](C1)[C@@H](NCc1ccc(F)cc1)[C@H]2C(=O)O. The normalized spacial score (nSPS) is 35.4. The molecule has 1 aromatic rings. The lowest BCUT2D eigenvalue weighted by Gasteiger charge is -2.34. The summed E-state index contributed by atoms with van der Waals surface area (Å²) in [5.41, 5.74) is 0.931. The molecule has 2 N–H and O–H groups in total. The summed E-state index contributed by atoms with van der Waals surface area (Å²) in [5.74, 6) is -0.779. The molecule has 1 aromatic carbocycles. The highest BCUT2D eigenvalue weighted by Gasteiger charge is 2.57. The summed E-state index contributed by atoms with van der Waals surface area (Å²) in [4.78, 5) is 11.6. The zero-order valence-corrected chi connectivity index (χ0v) is 11.6. The fourth-order valence-electron chi connectivity index (χ4n) is 4.19. The summed E-state index contributed by atoms with van der Waals surface area (Å²) in [6.07, 6.45) is 3.13. The van der Waals surface area contributed by atoms with Crippen LogP contribution in [0.5, 0.6) is 0 Å². The minimum absolute atomic E-state index is 0.0382. The molecule has 3 nitrogen and oxygen atoms in total. The quantitative estimate of drug-likeness (QED) is 0.889. The van der Waals surface area contributed by atoms with Gasteiger partial charge >= 0.3 is 5.97 Å². The summed E-state index contributed by atoms with van der Waals surface area (Å²) >= 11 is 0. The first-order chi connectivity index (χ1) is 9.49. The molecule has 3 rings (SSSR count). The molecular formula is C16H20FNO2. The van der Waals surface area contributed by atoms with Gasteiger partial charge in [0.15, 0.2) is 0 Å². The van der Waals surface area contributed by atoms with Gasteiger partial charge in [-0.05, 0) is 48.3 Å². The Kier molecular flexibility index (Phi) is 3.28. The van der Waals surface area contributed by atoms with Gasteiger partial charge in [-0.15, -0.1) is 0 Å². The lowest BCUT2D eigenvalue weighted by Crippen LogP contribution is -2.46. The van der Waals surface area contributed by atoms with Gasteiger partial charge in [0, 0.05) is 12.6 Å². The third-order valence-electron chi connectivity index (χ3n) is 5.15. The number of benzene rings is 1. The van der Waals surface area contributed by atoms with Crippen LogP contribution in [0.25, 0.3) is 0 Å². The highest BCUT2D eigenvalue weighted by Crippen LogP contribution is 2.57. The summed E-state index contributed by atoms with van der Waals surface area (Å²) < 4.78 is 12.9. The maximum absolute atomic E-state index is 12.9. The van der Waals surface area contributed by atoms with Crippen molar-refractivity contribution in [2.45, 2.75) is 38.8 Å². The van der Waals surface area contributed by atoms with Crippen molar-refractivity contribution >= 4 is 5.97 Å². The summed E-state index contributed by atoms with van der Waals surface area (Å²) in [6, 6.07) is 6.40. The van der Waals surface area contributed by atoms with Crippen molar-refractivity contribution in [2.75, 3.05) is 0 Å².